The Morgan fingerprint density at radius 3 is 2.19 bits per heavy atom. The molecule has 158 valence electrons. The third-order valence-corrected chi connectivity index (χ3v) is 7.93. The topological polar surface area (TPSA) is 72.3 Å². The number of anilines is 1. The maximum absolute atomic E-state index is 13.8. The number of hydrogen-bond donors (Lipinski definition) is 0. The summed E-state index contributed by atoms with van der Waals surface area (Å²) >= 11 is 1.12. The standard InChI is InChI=1S/C23H21N3O3S2/c1-16-14-17(2)26(24-16)23(27)21-22(20(15-30-21)18-10-6-4-7-11-18)31(28,29)25(3)19-12-8-5-9-13-19/h4-15H,1-3H3. The maximum atomic E-state index is 13.8. The third kappa shape index (κ3) is 3.80. The predicted octanol–water partition coefficient (Wildman–Crippen LogP) is 4.74. The van der Waals surface area contributed by atoms with Gasteiger partial charge in [0, 0.05) is 23.7 Å². The highest BCUT2D eigenvalue weighted by Crippen LogP contribution is 2.38. The summed E-state index contributed by atoms with van der Waals surface area (Å²) in [6, 6.07) is 19.8. The molecule has 2 aromatic carbocycles. The molecule has 0 saturated carbocycles. The second-order valence-electron chi connectivity index (χ2n) is 7.13. The van der Waals surface area contributed by atoms with Crippen molar-refractivity contribution in [2.75, 3.05) is 11.4 Å². The van der Waals surface area contributed by atoms with E-state index in [0.29, 0.717) is 22.6 Å². The Hall–Kier alpha value is -3.23. The first-order valence-corrected chi connectivity index (χ1v) is 11.9. The van der Waals surface area contributed by atoms with E-state index in [2.05, 4.69) is 5.10 Å². The highest BCUT2D eigenvalue weighted by atomic mass is 32.2. The highest BCUT2D eigenvalue weighted by molar-refractivity contribution is 7.93. The molecular weight excluding hydrogens is 430 g/mol. The van der Waals surface area contributed by atoms with E-state index >= 15 is 0 Å². The molecule has 0 unspecified atom stereocenters. The van der Waals surface area contributed by atoms with Gasteiger partial charge in [-0.25, -0.2) is 13.1 Å². The van der Waals surface area contributed by atoms with Gasteiger partial charge in [-0.05, 0) is 37.6 Å². The van der Waals surface area contributed by atoms with Crippen molar-refractivity contribution in [2.45, 2.75) is 18.7 Å². The molecule has 0 radical (unpaired) electrons. The molecule has 2 aromatic heterocycles. The number of aryl methyl sites for hydroxylation is 2. The van der Waals surface area contributed by atoms with Gasteiger partial charge in [0.1, 0.15) is 9.77 Å². The summed E-state index contributed by atoms with van der Waals surface area (Å²) in [6.45, 7) is 3.56. The molecule has 0 N–H and O–H groups in total. The van der Waals surface area contributed by atoms with Crippen LogP contribution in [0.5, 0.6) is 0 Å². The van der Waals surface area contributed by atoms with Crippen molar-refractivity contribution in [1.82, 2.24) is 9.78 Å². The van der Waals surface area contributed by atoms with Crippen LogP contribution in [0.1, 0.15) is 21.1 Å². The minimum absolute atomic E-state index is 0.00685. The number of aromatic nitrogens is 2. The number of carbonyl (C=O) groups is 1. The lowest BCUT2D eigenvalue weighted by molar-refractivity contribution is 0.0943. The van der Waals surface area contributed by atoms with Gasteiger partial charge in [-0.2, -0.15) is 5.10 Å². The summed E-state index contributed by atoms with van der Waals surface area (Å²) in [5, 5.41) is 5.98. The number of benzene rings is 2. The van der Waals surface area contributed by atoms with E-state index in [4.69, 9.17) is 0 Å². The van der Waals surface area contributed by atoms with Crippen LogP contribution in [0.2, 0.25) is 0 Å². The molecule has 4 rings (SSSR count). The van der Waals surface area contributed by atoms with Gasteiger partial charge in [0.15, 0.2) is 0 Å². The van der Waals surface area contributed by atoms with E-state index < -0.39 is 15.9 Å². The number of carbonyl (C=O) groups excluding carboxylic acids is 1. The van der Waals surface area contributed by atoms with Crippen LogP contribution < -0.4 is 4.31 Å². The molecule has 4 aromatic rings. The molecule has 2 heterocycles. The monoisotopic (exact) mass is 451 g/mol. The molecule has 0 spiro atoms. The van der Waals surface area contributed by atoms with E-state index in [1.807, 2.05) is 36.4 Å². The zero-order valence-corrected chi connectivity index (χ0v) is 18.9. The Labute approximate surface area is 185 Å². The van der Waals surface area contributed by atoms with Crippen molar-refractivity contribution in [3.8, 4) is 11.1 Å². The molecule has 6 nitrogen and oxygen atoms in total. The molecule has 31 heavy (non-hydrogen) atoms. The van der Waals surface area contributed by atoms with E-state index in [0.717, 1.165) is 16.9 Å². The van der Waals surface area contributed by atoms with Crippen LogP contribution in [0, 0.1) is 13.8 Å². The van der Waals surface area contributed by atoms with Gasteiger partial charge in [-0.15, -0.1) is 11.3 Å². The van der Waals surface area contributed by atoms with Gasteiger partial charge in [0.05, 0.1) is 11.4 Å². The first-order valence-electron chi connectivity index (χ1n) is 9.59. The Bertz CT molecular complexity index is 1340. The van der Waals surface area contributed by atoms with Crippen molar-refractivity contribution in [3.63, 3.8) is 0 Å². The van der Waals surface area contributed by atoms with Gasteiger partial charge in [-0.3, -0.25) is 9.10 Å². The predicted molar refractivity (Wildman–Crippen MR) is 123 cm³/mol. The lowest BCUT2D eigenvalue weighted by atomic mass is 10.1. The fourth-order valence-corrected chi connectivity index (χ4v) is 6.29. The van der Waals surface area contributed by atoms with E-state index in [1.54, 1.807) is 49.6 Å². The second kappa shape index (κ2) is 8.13. The Kier molecular flexibility index (Phi) is 5.51. The molecule has 0 fully saturated rings. The van der Waals surface area contributed by atoms with Crippen LogP contribution in [0.25, 0.3) is 11.1 Å². The lowest BCUT2D eigenvalue weighted by Crippen LogP contribution is -2.28. The van der Waals surface area contributed by atoms with Crippen molar-refractivity contribution < 1.29 is 13.2 Å². The number of hydrogen-bond acceptors (Lipinski definition) is 5. The molecule has 0 aliphatic heterocycles. The van der Waals surface area contributed by atoms with Crippen LogP contribution in [0.3, 0.4) is 0 Å². The first-order chi connectivity index (χ1) is 14.8. The van der Waals surface area contributed by atoms with Gasteiger partial charge >= 0.3 is 0 Å². The van der Waals surface area contributed by atoms with Gasteiger partial charge < -0.3 is 0 Å². The summed E-state index contributed by atoms with van der Waals surface area (Å²) in [5.41, 5.74) is 3.08. The van der Waals surface area contributed by atoms with Crippen LogP contribution in [0.15, 0.2) is 77.0 Å². The lowest BCUT2D eigenvalue weighted by Gasteiger charge is -2.21. The number of nitrogens with zero attached hydrogens (tertiary/aromatic N) is 3. The minimum Gasteiger partial charge on any atom is -0.269 e. The van der Waals surface area contributed by atoms with E-state index in [-0.39, 0.29) is 9.77 Å². The van der Waals surface area contributed by atoms with E-state index in [1.165, 1.54) is 16.0 Å². The van der Waals surface area contributed by atoms with Crippen LogP contribution >= 0.6 is 11.3 Å². The van der Waals surface area contributed by atoms with Crippen molar-refractivity contribution in [1.29, 1.82) is 0 Å². The van der Waals surface area contributed by atoms with Gasteiger partial charge in [0.2, 0.25) is 0 Å². The van der Waals surface area contributed by atoms with E-state index in [9.17, 15) is 13.2 Å². The second-order valence-corrected chi connectivity index (χ2v) is 9.91. The number of rotatable bonds is 5. The Morgan fingerprint density at radius 1 is 1.00 bits per heavy atom. The third-order valence-electron chi connectivity index (χ3n) is 4.96. The highest BCUT2D eigenvalue weighted by Gasteiger charge is 2.33. The Balaban J connectivity index is 1.93. The summed E-state index contributed by atoms with van der Waals surface area (Å²) in [5.74, 6) is -0.460. The average molecular weight is 452 g/mol. The fraction of sp³-hybridized carbons (Fsp3) is 0.130. The molecule has 0 aliphatic rings. The number of thiophene rings is 1. The summed E-state index contributed by atoms with van der Waals surface area (Å²) in [6.07, 6.45) is 0. The number of sulfonamides is 1. The minimum atomic E-state index is -4.04. The molecule has 0 amide bonds. The molecule has 8 heteroatoms. The summed E-state index contributed by atoms with van der Waals surface area (Å²) < 4.78 is 30.0. The molecule has 0 saturated heterocycles. The summed E-state index contributed by atoms with van der Waals surface area (Å²) in [7, 11) is -2.54. The van der Waals surface area contributed by atoms with Crippen molar-refractivity contribution >= 4 is 33.0 Å². The van der Waals surface area contributed by atoms with Crippen LogP contribution in [0.4, 0.5) is 5.69 Å². The average Bonchev–Trinajstić information content (AvgIpc) is 3.37. The van der Waals surface area contributed by atoms with Crippen LogP contribution in [-0.2, 0) is 10.0 Å². The first kappa shape index (κ1) is 21.0. The van der Waals surface area contributed by atoms with Crippen LogP contribution in [-0.4, -0.2) is 31.2 Å². The molecule has 0 aliphatic carbocycles. The number of para-hydroxylation sites is 1. The van der Waals surface area contributed by atoms with Gasteiger partial charge in [-0.1, -0.05) is 48.5 Å². The zero-order valence-electron chi connectivity index (χ0n) is 17.3. The summed E-state index contributed by atoms with van der Waals surface area (Å²) in [4.78, 5) is 13.5. The van der Waals surface area contributed by atoms with Gasteiger partial charge in [0.25, 0.3) is 15.9 Å². The smallest absolute Gasteiger partial charge is 0.269 e. The maximum Gasteiger partial charge on any atom is 0.289 e. The Morgan fingerprint density at radius 2 is 1.61 bits per heavy atom. The molecule has 0 atom stereocenters. The quantitative estimate of drug-likeness (QED) is 0.439. The SMILES string of the molecule is Cc1cc(C)n(C(=O)c2scc(-c3ccccc3)c2S(=O)(=O)N(C)c2ccccc2)n1. The molecule has 0 bridgehead atoms. The fourth-order valence-electron chi connectivity index (χ4n) is 3.41. The largest absolute Gasteiger partial charge is 0.289 e. The van der Waals surface area contributed by atoms with Crippen molar-refractivity contribution in [2.24, 2.45) is 0 Å². The molecular formula is C23H21N3O3S2. The zero-order chi connectivity index (χ0) is 22.2. The van der Waals surface area contributed by atoms with Crippen molar-refractivity contribution in [3.05, 3.63) is 88.4 Å². The normalized spacial score (nSPS) is 11.5.